The van der Waals surface area contributed by atoms with Gasteiger partial charge >= 0.3 is 0 Å². The van der Waals surface area contributed by atoms with Gasteiger partial charge in [-0.2, -0.15) is 0 Å². The van der Waals surface area contributed by atoms with Gasteiger partial charge in [0.2, 0.25) is 0 Å². The van der Waals surface area contributed by atoms with E-state index in [-0.39, 0.29) is 12.2 Å². The monoisotopic (exact) mass is 444 g/mol. The lowest BCUT2D eigenvalue weighted by Gasteiger charge is -2.45. The summed E-state index contributed by atoms with van der Waals surface area (Å²) in [5.41, 5.74) is 3.87. The van der Waals surface area contributed by atoms with Crippen LogP contribution in [0.1, 0.15) is 105 Å². The van der Waals surface area contributed by atoms with E-state index < -0.39 is 5.60 Å². The Morgan fingerprint density at radius 3 is 2.78 bits per heavy atom. The van der Waals surface area contributed by atoms with Gasteiger partial charge in [-0.05, 0) is 88.0 Å². The number of rotatable bonds is 9. The molecule has 1 heterocycles. The van der Waals surface area contributed by atoms with Crippen molar-refractivity contribution in [3.63, 3.8) is 0 Å². The van der Waals surface area contributed by atoms with Gasteiger partial charge in [0.1, 0.15) is 0 Å². The number of aliphatic hydroxyl groups is 2. The predicted octanol–water partition coefficient (Wildman–Crippen LogP) is 6.89. The molecular formula is C29H48O3. The molecule has 3 nitrogen and oxygen atoms in total. The van der Waals surface area contributed by atoms with E-state index in [2.05, 4.69) is 39.0 Å². The van der Waals surface area contributed by atoms with Crippen LogP contribution in [0.2, 0.25) is 0 Å². The second kappa shape index (κ2) is 11.0. The van der Waals surface area contributed by atoms with Gasteiger partial charge in [0.15, 0.2) is 0 Å². The first-order valence-corrected chi connectivity index (χ1v) is 13.2. The molecule has 2 saturated carbocycles. The molecular weight excluding hydrogens is 396 g/mol. The highest BCUT2D eigenvalue weighted by Gasteiger charge is 2.39. The van der Waals surface area contributed by atoms with Gasteiger partial charge in [0, 0.05) is 0 Å². The third-order valence-corrected chi connectivity index (χ3v) is 8.19. The highest BCUT2D eigenvalue weighted by atomic mass is 16.5. The standard InChI is InChI=1S/C29H48O3/c1-6-9-25-23(13-12-22-18-26(30)24-14-17-32-27(24)19-22)11-8-16-29(25,5)20-21(2)10-7-15-28(3,4)31/h12-14,21,25-27,30-31H,6-11,15-20H2,1-5H3/b22-12-,23-13+/t21-,25?,26-,27-,29-/m1/s1. The number of hydrogen-bond acceptors (Lipinski definition) is 3. The molecule has 0 bridgehead atoms. The van der Waals surface area contributed by atoms with Gasteiger partial charge in [-0.25, -0.2) is 0 Å². The van der Waals surface area contributed by atoms with Crippen LogP contribution >= 0.6 is 0 Å². The second-order valence-electron chi connectivity index (χ2n) is 11.9. The summed E-state index contributed by atoms with van der Waals surface area (Å²) in [5, 5.41) is 20.5. The summed E-state index contributed by atoms with van der Waals surface area (Å²) in [4.78, 5) is 0. The fraction of sp³-hybridized carbons (Fsp3) is 0.793. The van der Waals surface area contributed by atoms with Crippen LogP contribution in [0.5, 0.6) is 0 Å². The Bertz CT molecular complexity index is 710. The first-order valence-electron chi connectivity index (χ1n) is 13.2. The van der Waals surface area contributed by atoms with Crippen LogP contribution in [0, 0.1) is 17.3 Å². The molecule has 0 amide bonds. The van der Waals surface area contributed by atoms with Crippen molar-refractivity contribution in [1.29, 1.82) is 0 Å². The minimum absolute atomic E-state index is 0.0937. The molecule has 0 saturated heterocycles. The Morgan fingerprint density at radius 2 is 2.06 bits per heavy atom. The Labute approximate surface area is 197 Å². The third-order valence-electron chi connectivity index (χ3n) is 8.19. The fourth-order valence-corrected chi connectivity index (χ4v) is 6.60. The predicted molar refractivity (Wildman–Crippen MR) is 134 cm³/mol. The summed E-state index contributed by atoms with van der Waals surface area (Å²) in [6, 6.07) is 0. The zero-order valence-electron chi connectivity index (χ0n) is 21.3. The largest absolute Gasteiger partial charge is 0.390 e. The average molecular weight is 445 g/mol. The number of aliphatic hydroxyl groups excluding tert-OH is 1. The number of hydrogen-bond donors (Lipinski definition) is 2. The lowest BCUT2D eigenvalue weighted by Crippen LogP contribution is -2.34. The summed E-state index contributed by atoms with van der Waals surface area (Å²) in [6.07, 6.45) is 19.0. The average Bonchev–Trinajstić information content (AvgIpc) is 3.17. The lowest BCUT2D eigenvalue weighted by molar-refractivity contribution is 0.0642. The van der Waals surface area contributed by atoms with Crippen molar-refractivity contribution in [3.8, 4) is 0 Å². The van der Waals surface area contributed by atoms with E-state index in [9.17, 15) is 10.2 Å². The molecule has 0 aromatic heterocycles. The fourth-order valence-electron chi connectivity index (χ4n) is 6.60. The van der Waals surface area contributed by atoms with Gasteiger partial charge in [-0.3, -0.25) is 0 Å². The van der Waals surface area contributed by atoms with Gasteiger partial charge < -0.3 is 14.9 Å². The highest BCUT2D eigenvalue weighted by Crippen LogP contribution is 2.50. The molecule has 0 spiro atoms. The summed E-state index contributed by atoms with van der Waals surface area (Å²) < 4.78 is 5.81. The van der Waals surface area contributed by atoms with Crippen molar-refractivity contribution in [2.24, 2.45) is 17.3 Å². The second-order valence-corrected chi connectivity index (χ2v) is 11.9. The van der Waals surface area contributed by atoms with Crippen molar-refractivity contribution in [1.82, 2.24) is 0 Å². The molecule has 2 aliphatic carbocycles. The Hall–Kier alpha value is -0.900. The van der Waals surface area contributed by atoms with Crippen LogP contribution in [0.15, 0.2) is 34.9 Å². The lowest BCUT2D eigenvalue weighted by atomic mass is 9.60. The molecule has 2 N–H and O–H groups in total. The van der Waals surface area contributed by atoms with Crippen molar-refractivity contribution < 1.29 is 14.9 Å². The summed E-state index contributed by atoms with van der Waals surface area (Å²) in [7, 11) is 0. The van der Waals surface area contributed by atoms with Gasteiger partial charge in [-0.15, -0.1) is 0 Å². The maximum absolute atomic E-state index is 10.5. The minimum Gasteiger partial charge on any atom is -0.390 e. The van der Waals surface area contributed by atoms with Crippen LogP contribution < -0.4 is 0 Å². The first-order chi connectivity index (χ1) is 15.1. The molecule has 182 valence electrons. The van der Waals surface area contributed by atoms with E-state index in [4.69, 9.17) is 4.74 Å². The molecule has 0 radical (unpaired) electrons. The van der Waals surface area contributed by atoms with Crippen LogP contribution in [0.3, 0.4) is 0 Å². The van der Waals surface area contributed by atoms with E-state index in [0.29, 0.717) is 23.9 Å². The van der Waals surface area contributed by atoms with Crippen LogP contribution in [0.4, 0.5) is 0 Å². The van der Waals surface area contributed by atoms with Crippen molar-refractivity contribution in [2.45, 2.75) is 123 Å². The third kappa shape index (κ3) is 6.81. The smallest absolute Gasteiger partial charge is 0.0852 e. The Kier molecular flexibility index (Phi) is 8.85. The number of fused-ring (bicyclic) bond motifs is 1. The molecule has 2 fully saturated rings. The molecule has 5 atom stereocenters. The van der Waals surface area contributed by atoms with Crippen LogP contribution in [0.25, 0.3) is 0 Å². The minimum atomic E-state index is -0.546. The summed E-state index contributed by atoms with van der Waals surface area (Å²) >= 11 is 0. The zero-order valence-corrected chi connectivity index (χ0v) is 21.3. The van der Waals surface area contributed by atoms with Crippen LogP contribution in [-0.4, -0.2) is 34.6 Å². The van der Waals surface area contributed by atoms with E-state index >= 15 is 0 Å². The highest BCUT2D eigenvalue weighted by molar-refractivity contribution is 5.31. The van der Waals surface area contributed by atoms with Gasteiger partial charge in [-0.1, -0.05) is 69.4 Å². The molecule has 1 aliphatic heterocycles. The molecule has 3 aliphatic rings. The van der Waals surface area contributed by atoms with E-state index in [1.165, 1.54) is 50.5 Å². The summed E-state index contributed by atoms with van der Waals surface area (Å²) in [5.74, 6) is 1.35. The number of ether oxygens (including phenoxy) is 1. The maximum atomic E-state index is 10.5. The molecule has 3 rings (SSSR count). The van der Waals surface area contributed by atoms with Crippen molar-refractivity contribution >= 4 is 0 Å². The molecule has 0 aromatic rings. The molecule has 1 unspecified atom stereocenters. The topological polar surface area (TPSA) is 49.7 Å². The Balaban J connectivity index is 1.68. The zero-order chi connectivity index (χ0) is 23.4. The maximum Gasteiger partial charge on any atom is 0.0852 e. The van der Waals surface area contributed by atoms with E-state index in [1.54, 1.807) is 5.57 Å². The number of allylic oxidation sites excluding steroid dienone is 3. The Morgan fingerprint density at radius 1 is 1.28 bits per heavy atom. The van der Waals surface area contributed by atoms with Crippen LogP contribution in [-0.2, 0) is 4.74 Å². The molecule has 32 heavy (non-hydrogen) atoms. The molecule has 0 aromatic carbocycles. The molecule has 3 heteroatoms. The normalized spacial score (nSPS) is 34.6. The summed E-state index contributed by atoms with van der Waals surface area (Å²) in [6.45, 7) is 11.8. The SMILES string of the molecule is CCCC1/C(=C/C=C2/C[C@@H](O)C3=CCO[C@@H]3C2)CCC[C@]1(C)C[C@H](C)CCCC(C)(C)O. The van der Waals surface area contributed by atoms with Crippen molar-refractivity contribution in [3.05, 3.63) is 34.9 Å². The van der Waals surface area contributed by atoms with Gasteiger partial charge in [0.25, 0.3) is 0 Å². The van der Waals surface area contributed by atoms with E-state index in [1.807, 2.05) is 13.8 Å². The van der Waals surface area contributed by atoms with Crippen molar-refractivity contribution in [2.75, 3.05) is 6.61 Å². The quantitative estimate of drug-likeness (QED) is 0.381. The van der Waals surface area contributed by atoms with Gasteiger partial charge in [0.05, 0.1) is 24.4 Å². The van der Waals surface area contributed by atoms with E-state index in [0.717, 1.165) is 31.3 Å². The first kappa shape index (κ1) is 25.7.